The molecular weight excluding hydrogens is 414 g/mol. The molecule has 1 aliphatic rings. The minimum Gasteiger partial charge on any atom is -0.450 e. The van der Waals surface area contributed by atoms with E-state index in [9.17, 15) is 0 Å². The van der Waals surface area contributed by atoms with E-state index in [1.165, 1.54) is 54.1 Å². The molecule has 2 nitrogen and oxygen atoms in total. The standard InChI is InChI=1S/C27H32NOSSi/c1-15(2)11-18-13-19-12-16(3)17(4)22-23(19)21(14-18)29-25-24(22)28(5)20-9-10-30-26(20)27(25)31(6,7)8/h9-10,12-15H,11H2,1-8H3/q+1. The Morgan fingerprint density at radius 3 is 2.52 bits per heavy atom. The summed E-state index contributed by atoms with van der Waals surface area (Å²) in [5, 5.41) is 6.26. The van der Waals surface area contributed by atoms with Gasteiger partial charge in [0.2, 0.25) is 5.52 Å². The molecule has 0 spiro atoms. The molecule has 2 aromatic carbocycles. The van der Waals surface area contributed by atoms with Gasteiger partial charge in [-0.3, -0.25) is 0 Å². The molecule has 0 bridgehead atoms. The van der Waals surface area contributed by atoms with Gasteiger partial charge in [0.15, 0.2) is 5.75 Å². The lowest BCUT2D eigenvalue weighted by molar-refractivity contribution is -0.633. The third-order valence-electron chi connectivity index (χ3n) is 6.63. The van der Waals surface area contributed by atoms with Gasteiger partial charge in [0.25, 0.3) is 5.69 Å². The van der Waals surface area contributed by atoms with Gasteiger partial charge >= 0.3 is 0 Å². The maximum Gasteiger partial charge on any atom is 0.256 e. The molecule has 5 rings (SSSR count). The zero-order chi connectivity index (χ0) is 22.2. The molecule has 0 unspecified atom stereocenters. The van der Waals surface area contributed by atoms with Gasteiger partial charge in [-0.25, -0.2) is 0 Å². The highest BCUT2D eigenvalue weighted by Gasteiger charge is 2.38. The number of ether oxygens (including phenoxy) is 1. The fraction of sp³-hybridized carbons (Fsp3) is 0.370. The van der Waals surface area contributed by atoms with Crippen molar-refractivity contribution in [2.45, 2.75) is 53.8 Å². The van der Waals surface area contributed by atoms with Crippen LogP contribution < -0.4 is 14.5 Å². The number of thiophene rings is 1. The van der Waals surface area contributed by atoms with Crippen LogP contribution >= 0.6 is 11.3 Å². The van der Waals surface area contributed by atoms with Crippen molar-refractivity contribution in [3.63, 3.8) is 0 Å². The summed E-state index contributed by atoms with van der Waals surface area (Å²) in [6.45, 7) is 16.4. The number of fused-ring (bicyclic) bond motifs is 3. The van der Waals surface area contributed by atoms with E-state index in [4.69, 9.17) is 4.74 Å². The number of pyridine rings is 1. The van der Waals surface area contributed by atoms with Crippen LogP contribution in [0, 0.1) is 19.8 Å². The molecule has 3 heterocycles. The second-order valence-corrected chi connectivity index (χ2v) is 16.5. The smallest absolute Gasteiger partial charge is 0.256 e. The topological polar surface area (TPSA) is 13.1 Å². The van der Waals surface area contributed by atoms with E-state index in [-0.39, 0.29) is 0 Å². The molecular formula is C27H32NOSSi+. The Labute approximate surface area is 190 Å². The minimum atomic E-state index is -1.67. The fourth-order valence-corrected chi connectivity index (χ4v) is 8.81. The zero-order valence-electron chi connectivity index (χ0n) is 19.9. The van der Waals surface area contributed by atoms with E-state index in [2.05, 4.69) is 88.6 Å². The largest absolute Gasteiger partial charge is 0.450 e. The van der Waals surface area contributed by atoms with Gasteiger partial charge < -0.3 is 4.74 Å². The maximum atomic E-state index is 6.90. The van der Waals surface area contributed by atoms with Crippen molar-refractivity contribution in [3.05, 3.63) is 46.3 Å². The molecule has 4 heteroatoms. The molecule has 0 saturated carbocycles. The van der Waals surface area contributed by atoms with Crippen LogP contribution in [0.4, 0.5) is 0 Å². The van der Waals surface area contributed by atoms with Crippen molar-refractivity contribution in [1.82, 2.24) is 0 Å². The first kappa shape index (κ1) is 20.7. The fourth-order valence-electron chi connectivity index (χ4n) is 5.19. The quantitative estimate of drug-likeness (QED) is 0.214. The molecule has 0 atom stereocenters. The normalized spacial score (nSPS) is 13.2. The van der Waals surface area contributed by atoms with Gasteiger partial charge in [-0.1, -0.05) is 45.6 Å². The van der Waals surface area contributed by atoms with Gasteiger partial charge in [0.1, 0.15) is 17.5 Å². The van der Waals surface area contributed by atoms with Crippen LogP contribution in [-0.2, 0) is 13.5 Å². The van der Waals surface area contributed by atoms with Crippen LogP contribution in [0.1, 0.15) is 30.5 Å². The highest BCUT2D eigenvalue weighted by molar-refractivity contribution is 7.19. The Hall–Kier alpha value is -2.17. The summed E-state index contributed by atoms with van der Waals surface area (Å²) in [4.78, 5) is 0. The van der Waals surface area contributed by atoms with Gasteiger partial charge in [-0.2, -0.15) is 4.57 Å². The van der Waals surface area contributed by atoms with Crippen LogP contribution in [0.5, 0.6) is 11.5 Å². The first-order valence-electron chi connectivity index (χ1n) is 11.3. The van der Waals surface area contributed by atoms with Gasteiger partial charge in [-0.05, 0) is 59.7 Å². The lowest BCUT2D eigenvalue weighted by Gasteiger charge is -2.28. The van der Waals surface area contributed by atoms with Crippen LogP contribution in [-0.4, -0.2) is 8.07 Å². The van der Waals surface area contributed by atoms with Crippen molar-refractivity contribution in [2.75, 3.05) is 0 Å². The molecule has 0 amide bonds. The molecule has 160 valence electrons. The van der Waals surface area contributed by atoms with Crippen LogP contribution in [0.2, 0.25) is 19.6 Å². The van der Waals surface area contributed by atoms with E-state index < -0.39 is 8.07 Å². The predicted octanol–water partition coefficient (Wildman–Crippen LogP) is 7.01. The molecule has 0 radical (unpaired) electrons. The predicted molar refractivity (Wildman–Crippen MR) is 137 cm³/mol. The van der Waals surface area contributed by atoms with E-state index in [0.717, 1.165) is 17.9 Å². The summed E-state index contributed by atoms with van der Waals surface area (Å²) in [5.41, 5.74) is 8.01. The highest BCUT2D eigenvalue weighted by atomic mass is 32.1. The maximum absolute atomic E-state index is 6.90. The van der Waals surface area contributed by atoms with Crippen LogP contribution in [0.25, 0.3) is 32.2 Å². The van der Waals surface area contributed by atoms with Crippen LogP contribution in [0.15, 0.2) is 29.6 Å². The lowest BCUT2D eigenvalue weighted by atomic mass is 9.88. The van der Waals surface area contributed by atoms with E-state index in [0.29, 0.717) is 5.92 Å². The SMILES string of the molecule is Cc1cc2cc(CC(C)C)cc3c2c(c1C)-c1c(c([Si](C)(C)C)c2sccc2[n+]1C)O3. The third kappa shape index (κ3) is 3.06. The molecule has 0 aliphatic carbocycles. The molecule has 1 aliphatic heterocycles. The Balaban J connectivity index is 1.97. The Morgan fingerprint density at radius 1 is 1.10 bits per heavy atom. The zero-order valence-corrected chi connectivity index (χ0v) is 21.8. The number of benzene rings is 2. The van der Waals surface area contributed by atoms with Crippen molar-refractivity contribution < 1.29 is 9.30 Å². The second-order valence-electron chi connectivity index (χ2n) is 10.6. The Bertz CT molecular complexity index is 1370. The average molecular weight is 447 g/mol. The van der Waals surface area contributed by atoms with E-state index >= 15 is 0 Å². The summed E-state index contributed by atoms with van der Waals surface area (Å²) in [5.74, 6) is 2.75. The van der Waals surface area contributed by atoms with Crippen molar-refractivity contribution in [3.8, 4) is 22.8 Å². The average Bonchev–Trinajstić information content (AvgIpc) is 3.13. The van der Waals surface area contributed by atoms with Gasteiger partial charge in [-0.15, -0.1) is 11.3 Å². The summed E-state index contributed by atoms with van der Waals surface area (Å²) in [6, 6.07) is 9.30. The van der Waals surface area contributed by atoms with E-state index in [1.54, 1.807) is 0 Å². The molecule has 0 fully saturated rings. The summed E-state index contributed by atoms with van der Waals surface area (Å²) >= 11 is 1.85. The Morgan fingerprint density at radius 2 is 1.84 bits per heavy atom. The molecule has 0 N–H and O–H groups in total. The number of nitrogens with zero attached hydrogens (tertiary/aromatic N) is 1. The number of hydrogen-bond acceptors (Lipinski definition) is 2. The summed E-state index contributed by atoms with van der Waals surface area (Å²) in [7, 11) is 0.539. The Kier molecular flexibility index (Phi) is 4.62. The molecule has 2 aromatic heterocycles. The molecule has 4 aromatic rings. The molecule has 31 heavy (non-hydrogen) atoms. The number of aryl methyl sites for hydroxylation is 2. The third-order valence-corrected chi connectivity index (χ3v) is 9.71. The van der Waals surface area contributed by atoms with Gasteiger partial charge in [0, 0.05) is 16.6 Å². The lowest BCUT2D eigenvalue weighted by Crippen LogP contribution is -2.44. The molecule has 0 saturated heterocycles. The van der Waals surface area contributed by atoms with Gasteiger partial charge in [0.05, 0.1) is 13.6 Å². The van der Waals surface area contributed by atoms with Crippen molar-refractivity contribution in [2.24, 2.45) is 13.0 Å². The number of hydrogen-bond donors (Lipinski definition) is 0. The van der Waals surface area contributed by atoms with Crippen molar-refractivity contribution in [1.29, 1.82) is 0 Å². The first-order valence-corrected chi connectivity index (χ1v) is 15.6. The monoisotopic (exact) mass is 446 g/mol. The van der Waals surface area contributed by atoms with E-state index in [1.807, 2.05) is 11.3 Å². The van der Waals surface area contributed by atoms with Crippen LogP contribution in [0.3, 0.4) is 0 Å². The number of aromatic nitrogens is 1. The summed E-state index contributed by atoms with van der Waals surface area (Å²) in [6.07, 6.45) is 1.07. The first-order chi connectivity index (χ1) is 14.6. The summed E-state index contributed by atoms with van der Waals surface area (Å²) < 4.78 is 10.7. The van der Waals surface area contributed by atoms with Crippen molar-refractivity contribution >= 4 is 45.6 Å². The number of rotatable bonds is 3. The highest BCUT2D eigenvalue weighted by Crippen LogP contribution is 2.48. The second kappa shape index (κ2) is 6.91. The minimum absolute atomic E-state index is 0.618.